The zero-order valence-corrected chi connectivity index (χ0v) is 8.51. The number of nitrogens with zero attached hydrogens (tertiary/aromatic N) is 1. The summed E-state index contributed by atoms with van der Waals surface area (Å²) in [7, 11) is 0. The van der Waals surface area contributed by atoms with Crippen LogP contribution in [0.1, 0.15) is 18.9 Å². The molecule has 1 atom stereocenters. The first-order valence-corrected chi connectivity index (χ1v) is 4.73. The van der Waals surface area contributed by atoms with Crippen molar-refractivity contribution in [2.45, 2.75) is 19.8 Å². The fraction of sp³-hybridized carbons (Fsp3) is 0.364. The standard InChI is InChI=1S/C11H13NO3/c1-2-11(8-13,10(14)15)6-9-4-3-5-12-7-9/h3-5,7-8H,2,6H2,1H3,(H,14,15). The molecule has 0 spiro atoms. The highest BCUT2D eigenvalue weighted by Crippen LogP contribution is 2.24. The minimum absolute atomic E-state index is 0.191. The highest BCUT2D eigenvalue weighted by molar-refractivity contribution is 5.92. The average Bonchev–Trinajstić information content (AvgIpc) is 2.27. The van der Waals surface area contributed by atoms with Crippen molar-refractivity contribution in [3.05, 3.63) is 30.1 Å². The minimum atomic E-state index is -1.32. The number of carbonyl (C=O) groups excluding carboxylic acids is 1. The largest absolute Gasteiger partial charge is 0.480 e. The molecule has 1 aromatic heterocycles. The lowest BCUT2D eigenvalue weighted by Crippen LogP contribution is -2.34. The lowest BCUT2D eigenvalue weighted by molar-refractivity contribution is -0.151. The molecule has 1 N–H and O–H groups in total. The molecular weight excluding hydrogens is 194 g/mol. The van der Waals surface area contributed by atoms with Gasteiger partial charge in [0.05, 0.1) is 0 Å². The third-order valence-corrected chi connectivity index (χ3v) is 2.52. The second-order valence-corrected chi connectivity index (χ2v) is 3.47. The Morgan fingerprint density at radius 3 is 2.80 bits per heavy atom. The van der Waals surface area contributed by atoms with Crippen LogP contribution in [0.25, 0.3) is 0 Å². The van der Waals surface area contributed by atoms with E-state index in [0.717, 1.165) is 5.56 Å². The molecule has 80 valence electrons. The molecule has 1 heterocycles. The summed E-state index contributed by atoms with van der Waals surface area (Å²) in [6, 6.07) is 3.49. The number of rotatable bonds is 5. The van der Waals surface area contributed by atoms with Crippen molar-refractivity contribution in [1.82, 2.24) is 4.98 Å². The van der Waals surface area contributed by atoms with Gasteiger partial charge in [0.25, 0.3) is 0 Å². The van der Waals surface area contributed by atoms with Crippen molar-refractivity contribution in [3.8, 4) is 0 Å². The fourth-order valence-corrected chi connectivity index (χ4v) is 1.39. The Morgan fingerprint density at radius 1 is 1.67 bits per heavy atom. The minimum Gasteiger partial charge on any atom is -0.480 e. The number of hydrogen-bond acceptors (Lipinski definition) is 3. The van der Waals surface area contributed by atoms with Gasteiger partial charge in [0.1, 0.15) is 11.7 Å². The second kappa shape index (κ2) is 4.68. The molecule has 1 aromatic rings. The first-order valence-electron chi connectivity index (χ1n) is 4.73. The topological polar surface area (TPSA) is 67.3 Å². The molecule has 4 heteroatoms. The molecule has 0 aromatic carbocycles. The van der Waals surface area contributed by atoms with Crippen LogP contribution in [0, 0.1) is 5.41 Å². The highest BCUT2D eigenvalue weighted by atomic mass is 16.4. The molecule has 0 fully saturated rings. The summed E-state index contributed by atoms with van der Waals surface area (Å²) in [6.45, 7) is 1.69. The van der Waals surface area contributed by atoms with Crippen LogP contribution in [-0.2, 0) is 16.0 Å². The van der Waals surface area contributed by atoms with Crippen molar-refractivity contribution in [2.75, 3.05) is 0 Å². The molecule has 0 aliphatic heterocycles. The van der Waals surface area contributed by atoms with Crippen LogP contribution in [0.3, 0.4) is 0 Å². The molecule has 0 aliphatic rings. The summed E-state index contributed by atoms with van der Waals surface area (Å²) >= 11 is 0. The van der Waals surface area contributed by atoms with Crippen molar-refractivity contribution >= 4 is 12.3 Å². The Morgan fingerprint density at radius 2 is 2.40 bits per heavy atom. The normalized spacial score (nSPS) is 14.2. The maximum Gasteiger partial charge on any atom is 0.317 e. The first kappa shape index (κ1) is 11.4. The van der Waals surface area contributed by atoms with Gasteiger partial charge >= 0.3 is 5.97 Å². The van der Waals surface area contributed by atoms with Crippen LogP contribution in [0.15, 0.2) is 24.5 Å². The van der Waals surface area contributed by atoms with Crippen LogP contribution < -0.4 is 0 Å². The number of carboxylic acids is 1. The van der Waals surface area contributed by atoms with E-state index in [9.17, 15) is 9.59 Å². The van der Waals surface area contributed by atoms with Crippen LogP contribution >= 0.6 is 0 Å². The molecule has 15 heavy (non-hydrogen) atoms. The smallest absolute Gasteiger partial charge is 0.317 e. The molecule has 0 bridgehead atoms. The van der Waals surface area contributed by atoms with Gasteiger partial charge in [-0.2, -0.15) is 0 Å². The van der Waals surface area contributed by atoms with Crippen LogP contribution in [-0.4, -0.2) is 22.3 Å². The summed E-state index contributed by atoms with van der Waals surface area (Å²) in [5.74, 6) is -1.08. The average molecular weight is 207 g/mol. The van der Waals surface area contributed by atoms with E-state index in [1.165, 1.54) is 0 Å². The predicted molar refractivity (Wildman–Crippen MR) is 54.4 cm³/mol. The van der Waals surface area contributed by atoms with E-state index in [2.05, 4.69) is 4.98 Å². The van der Waals surface area contributed by atoms with Crippen molar-refractivity contribution in [1.29, 1.82) is 0 Å². The molecule has 0 amide bonds. The summed E-state index contributed by atoms with van der Waals surface area (Å²) in [6.07, 6.45) is 4.18. The van der Waals surface area contributed by atoms with Crippen LogP contribution in [0.4, 0.5) is 0 Å². The molecule has 1 rings (SSSR count). The SMILES string of the molecule is CCC(C=O)(Cc1cccnc1)C(=O)O. The molecular formula is C11H13NO3. The Kier molecular flexibility index (Phi) is 3.55. The van der Waals surface area contributed by atoms with Crippen molar-refractivity contribution in [2.24, 2.45) is 5.41 Å². The van der Waals surface area contributed by atoms with E-state index in [1.807, 2.05) is 0 Å². The Labute approximate surface area is 88.0 Å². The monoisotopic (exact) mass is 207 g/mol. The van der Waals surface area contributed by atoms with E-state index >= 15 is 0 Å². The van der Waals surface area contributed by atoms with Crippen LogP contribution in [0.5, 0.6) is 0 Å². The van der Waals surface area contributed by atoms with Crippen molar-refractivity contribution in [3.63, 3.8) is 0 Å². The zero-order valence-electron chi connectivity index (χ0n) is 8.51. The quantitative estimate of drug-likeness (QED) is 0.583. The number of carbonyl (C=O) groups is 2. The van der Waals surface area contributed by atoms with Gasteiger partial charge in [-0.05, 0) is 24.5 Å². The molecule has 0 saturated heterocycles. The third-order valence-electron chi connectivity index (χ3n) is 2.52. The van der Waals surface area contributed by atoms with Crippen LogP contribution in [0.2, 0.25) is 0 Å². The van der Waals surface area contributed by atoms with E-state index in [0.29, 0.717) is 6.29 Å². The molecule has 1 unspecified atom stereocenters. The molecule has 0 saturated carbocycles. The zero-order chi connectivity index (χ0) is 11.3. The van der Waals surface area contributed by atoms with E-state index in [-0.39, 0.29) is 12.8 Å². The summed E-state index contributed by atoms with van der Waals surface area (Å²) in [5, 5.41) is 9.03. The van der Waals surface area contributed by atoms with E-state index in [1.54, 1.807) is 31.5 Å². The number of carboxylic acid groups (broad SMARTS) is 1. The number of aliphatic carboxylic acids is 1. The molecule has 4 nitrogen and oxygen atoms in total. The van der Waals surface area contributed by atoms with Gasteiger partial charge in [0.15, 0.2) is 0 Å². The third kappa shape index (κ3) is 2.40. The second-order valence-electron chi connectivity index (χ2n) is 3.47. The maximum absolute atomic E-state index is 11.0. The lowest BCUT2D eigenvalue weighted by atomic mass is 9.81. The first-order chi connectivity index (χ1) is 7.14. The molecule has 0 radical (unpaired) electrons. The summed E-state index contributed by atoms with van der Waals surface area (Å²) in [5.41, 5.74) is -0.558. The lowest BCUT2D eigenvalue weighted by Gasteiger charge is -2.20. The number of hydrogen-bond donors (Lipinski definition) is 1. The Balaban J connectivity index is 2.94. The van der Waals surface area contributed by atoms with E-state index in [4.69, 9.17) is 5.11 Å². The predicted octanol–water partition coefficient (Wildman–Crippen LogP) is 1.30. The Bertz CT molecular complexity index is 350. The Hall–Kier alpha value is -1.71. The molecule has 0 aliphatic carbocycles. The number of aldehydes is 1. The fourth-order valence-electron chi connectivity index (χ4n) is 1.39. The van der Waals surface area contributed by atoms with Crippen molar-refractivity contribution < 1.29 is 14.7 Å². The van der Waals surface area contributed by atoms with Gasteiger partial charge < -0.3 is 9.90 Å². The van der Waals surface area contributed by atoms with Gasteiger partial charge in [-0.15, -0.1) is 0 Å². The summed E-state index contributed by atoms with van der Waals surface area (Å²) in [4.78, 5) is 25.8. The van der Waals surface area contributed by atoms with Gasteiger partial charge in [-0.1, -0.05) is 13.0 Å². The van der Waals surface area contributed by atoms with Gasteiger partial charge in [0.2, 0.25) is 0 Å². The van der Waals surface area contributed by atoms with Gasteiger partial charge in [-0.25, -0.2) is 0 Å². The maximum atomic E-state index is 11.0. The van der Waals surface area contributed by atoms with E-state index < -0.39 is 11.4 Å². The highest BCUT2D eigenvalue weighted by Gasteiger charge is 2.36. The number of pyridine rings is 1. The van der Waals surface area contributed by atoms with Gasteiger partial charge in [0, 0.05) is 12.4 Å². The number of aromatic nitrogens is 1. The van der Waals surface area contributed by atoms with Gasteiger partial charge in [-0.3, -0.25) is 9.78 Å². The summed E-state index contributed by atoms with van der Waals surface area (Å²) < 4.78 is 0.